The van der Waals surface area contributed by atoms with Crippen molar-refractivity contribution in [3.63, 3.8) is 0 Å². The van der Waals surface area contributed by atoms with E-state index in [1.165, 1.54) is 19.3 Å². The molecular formula is C17H24N4O. The molecule has 2 aromatic heterocycles. The molecule has 0 radical (unpaired) electrons. The lowest BCUT2D eigenvalue weighted by molar-refractivity contribution is -0.201. The van der Waals surface area contributed by atoms with E-state index in [9.17, 15) is 0 Å². The predicted octanol–water partition coefficient (Wildman–Crippen LogP) is 2.51. The van der Waals surface area contributed by atoms with Crippen LogP contribution in [0.25, 0.3) is 5.78 Å². The molecule has 2 saturated carbocycles. The van der Waals surface area contributed by atoms with Crippen molar-refractivity contribution in [2.24, 2.45) is 5.41 Å². The van der Waals surface area contributed by atoms with Gasteiger partial charge in [0.05, 0.1) is 11.8 Å². The molecule has 0 aliphatic heterocycles. The van der Waals surface area contributed by atoms with Crippen LogP contribution in [0.1, 0.15) is 38.3 Å². The van der Waals surface area contributed by atoms with Crippen LogP contribution in [-0.4, -0.2) is 45.1 Å². The largest absolute Gasteiger partial charge is 0.378 e. The molecule has 118 valence electrons. The highest BCUT2D eigenvalue weighted by atomic mass is 16.5. The molecule has 0 bridgehead atoms. The summed E-state index contributed by atoms with van der Waals surface area (Å²) in [5.74, 6) is 0.782. The summed E-state index contributed by atoms with van der Waals surface area (Å²) in [6, 6.07) is 2.57. The summed E-state index contributed by atoms with van der Waals surface area (Å²) in [6.07, 6.45) is 11.5. The normalized spacial score (nSPS) is 26.3. The van der Waals surface area contributed by atoms with Crippen LogP contribution in [0.2, 0.25) is 0 Å². The van der Waals surface area contributed by atoms with Crippen LogP contribution in [0.5, 0.6) is 0 Å². The third-order valence-electron chi connectivity index (χ3n) is 5.62. The topological polar surface area (TPSA) is 42.7 Å². The summed E-state index contributed by atoms with van der Waals surface area (Å²) in [7, 11) is 2.23. The minimum absolute atomic E-state index is 0.419. The minimum atomic E-state index is 0.419. The quantitative estimate of drug-likeness (QED) is 0.851. The highest BCUT2D eigenvalue weighted by molar-refractivity contribution is 5.29. The molecule has 2 aliphatic rings. The summed E-state index contributed by atoms with van der Waals surface area (Å²) >= 11 is 0. The monoisotopic (exact) mass is 300 g/mol. The molecule has 0 aromatic carbocycles. The van der Waals surface area contributed by atoms with Crippen LogP contribution in [0.15, 0.2) is 24.7 Å². The standard InChI is InChI=1S/C17H24N4O/c1-3-22-15-10-14(17(15)6-4-7-17)20(2)11-13-12-21-9-5-8-18-16(21)19-13/h5,8-9,12,14-15H,3-4,6-7,10-11H2,1-2H3/t14-,15-/m0/s1. The third kappa shape index (κ3) is 2.07. The smallest absolute Gasteiger partial charge is 0.233 e. The van der Waals surface area contributed by atoms with Crippen molar-refractivity contribution in [3.05, 3.63) is 30.4 Å². The maximum atomic E-state index is 5.96. The van der Waals surface area contributed by atoms with E-state index < -0.39 is 0 Å². The van der Waals surface area contributed by atoms with E-state index in [1.807, 2.05) is 16.7 Å². The van der Waals surface area contributed by atoms with E-state index in [0.29, 0.717) is 17.6 Å². The van der Waals surface area contributed by atoms with Crippen molar-refractivity contribution in [1.29, 1.82) is 0 Å². The molecule has 0 N–H and O–H groups in total. The van der Waals surface area contributed by atoms with Gasteiger partial charge in [-0.25, -0.2) is 9.97 Å². The number of ether oxygens (including phenoxy) is 1. The zero-order valence-corrected chi connectivity index (χ0v) is 13.4. The van der Waals surface area contributed by atoms with E-state index in [-0.39, 0.29) is 0 Å². The molecular weight excluding hydrogens is 276 g/mol. The first kappa shape index (κ1) is 14.2. The molecule has 2 heterocycles. The Morgan fingerprint density at radius 2 is 2.32 bits per heavy atom. The summed E-state index contributed by atoms with van der Waals surface area (Å²) < 4.78 is 7.95. The first-order chi connectivity index (χ1) is 10.7. The van der Waals surface area contributed by atoms with E-state index in [1.54, 1.807) is 6.20 Å². The van der Waals surface area contributed by atoms with Gasteiger partial charge in [-0.2, -0.15) is 0 Å². The van der Waals surface area contributed by atoms with Gasteiger partial charge in [0, 0.05) is 43.2 Å². The zero-order chi connectivity index (χ0) is 15.2. The van der Waals surface area contributed by atoms with Crippen LogP contribution in [-0.2, 0) is 11.3 Å². The molecule has 2 fully saturated rings. The lowest BCUT2D eigenvalue weighted by Gasteiger charge is -2.63. The van der Waals surface area contributed by atoms with Gasteiger partial charge in [0.25, 0.3) is 0 Å². The second-order valence-corrected chi connectivity index (χ2v) is 6.76. The van der Waals surface area contributed by atoms with Gasteiger partial charge in [-0.3, -0.25) is 9.30 Å². The number of hydrogen-bond acceptors (Lipinski definition) is 4. The van der Waals surface area contributed by atoms with Gasteiger partial charge in [-0.15, -0.1) is 0 Å². The zero-order valence-electron chi connectivity index (χ0n) is 13.4. The highest BCUT2D eigenvalue weighted by Crippen LogP contribution is 2.59. The summed E-state index contributed by atoms with van der Waals surface area (Å²) in [5, 5.41) is 0. The molecule has 2 aromatic rings. The van der Waals surface area contributed by atoms with Crippen LogP contribution in [0, 0.1) is 5.41 Å². The summed E-state index contributed by atoms with van der Waals surface area (Å²) in [4.78, 5) is 11.4. The van der Waals surface area contributed by atoms with E-state index >= 15 is 0 Å². The third-order valence-corrected chi connectivity index (χ3v) is 5.62. The SMILES string of the molecule is CCO[C@H]1C[C@H](N(C)Cc2cn3cccnc3n2)C12CCC2. The Labute approximate surface area is 131 Å². The van der Waals surface area contributed by atoms with Gasteiger partial charge in [0.1, 0.15) is 0 Å². The fourth-order valence-electron chi connectivity index (χ4n) is 4.34. The van der Waals surface area contributed by atoms with Crippen molar-refractivity contribution < 1.29 is 4.74 Å². The lowest BCUT2D eigenvalue weighted by atomic mass is 9.50. The number of nitrogens with zero attached hydrogens (tertiary/aromatic N) is 4. The maximum absolute atomic E-state index is 5.96. The Balaban J connectivity index is 1.47. The number of hydrogen-bond donors (Lipinski definition) is 0. The summed E-state index contributed by atoms with van der Waals surface area (Å²) in [6.45, 7) is 3.82. The van der Waals surface area contributed by atoms with E-state index in [0.717, 1.165) is 31.0 Å². The van der Waals surface area contributed by atoms with Crippen LogP contribution in [0.3, 0.4) is 0 Å². The molecule has 0 unspecified atom stereocenters. The number of aromatic nitrogens is 3. The molecule has 2 atom stereocenters. The van der Waals surface area contributed by atoms with Gasteiger partial charge in [-0.05, 0) is 39.3 Å². The Kier molecular flexibility index (Phi) is 3.42. The Bertz CT molecular complexity index is 630. The molecule has 0 saturated heterocycles. The van der Waals surface area contributed by atoms with Crippen molar-refractivity contribution in [2.75, 3.05) is 13.7 Å². The number of rotatable bonds is 5. The van der Waals surface area contributed by atoms with Crippen molar-refractivity contribution >= 4 is 5.78 Å². The van der Waals surface area contributed by atoms with Gasteiger partial charge >= 0.3 is 0 Å². The van der Waals surface area contributed by atoms with Gasteiger partial charge in [-0.1, -0.05) is 6.42 Å². The first-order valence-corrected chi connectivity index (χ1v) is 8.33. The molecule has 22 heavy (non-hydrogen) atoms. The highest BCUT2D eigenvalue weighted by Gasteiger charge is 2.59. The van der Waals surface area contributed by atoms with Crippen molar-refractivity contribution in [3.8, 4) is 0 Å². The molecule has 0 amide bonds. The average Bonchev–Trinajstić information content (AvgIpc) is 2.83. The second-order valence-electron chi connectivity index (χ2n) is 6.76. The molecule has 5 heteroatoms. The van der Waals surface area contributed by atoms with Crippen LogP contribution >= 0.6 is 0 Å². The van der Waals surface area contributed by atoms with Gasteiger partial charge < -0.3 is 4.74 Å². The first-order valence-electron chi connectivity index (χ1n) is 8.33. The maximum Gasteiger partial charge on any atom is 0.233 e. The van der Waals surface area contributed by atoms with Crippen LogP contribution < -0.4 is 0 Å². The average molecular weight is 300 g/mol. The number of imidazole rings is 1. The molecule has 2 aliphatic carbocycles. The molecule has 5 nitrogen and oxygen atoms in total. The van der Waals surface area contributed by atoms with Crippen LogP contribution in [0.4, 0.5) is 0 Å². The van der Waals surface area contributed by atoms with E-state index in [2.05, 4.69) is 35.0 Å². The Morgan fingerprint density at radius 3 is 3.00 bits per heavy atom. The molecule has 1 spiro atoms. The predicted molar refractivity (Wildman–Crippen MR) is 84.6 cm³/mol. The fraction of sp³-hybridized carbons (Fsp3) is 0.647. The van der Waals surface area contributed by atoms with Gasteiger partial charge in [0.15, 0.2) is 0 Å². The Hall–Kier alpha value is -1.46. The van der Waals surface area contributed by atoms with Crippen molar-refractivity contribution in [2.45, 2.75) is 51.3 Å². The Morgan fingerprint density at radius 1 is 1.45 bits per heavy atom. The van der Waals surface area contributed by atoms with Crippen molar-refractivity contribution in [1.82, 2.24) is 19.3 Å². The van der Waals surface area contributed by atoms with Gasteiger partial charge in [0.2, 0.25) is 5.78 Å². The summed E-state index contributed by atoms with van der Waals surface area (Å²) in [5.41, 5.74) is 1.51. The minimum Gasteiger partial charge on any atom is -0.378 e. The number of fused-ring (bicyclic) bond motifs is 1. The lowest BCUT2D eigenvalue weighted by Crippen LogP contribution is -2.66. The molecule has 4 rings (SSSR count). The van der Waals surface area contributed by atoms with E-state index in [4.69, 9.17) is 4.74 Å². The second kappa shape index (κ2) is 5.32. The fourth-order valence-corrected chi connectivity index (χ4v) is 4.34.